The fourth-order valence-electron chi connectivity index (χ4n) is 2.93. The third kappa shape index (κ3) is 4.24. The van der Waals surface area contributed by atoms with Gasteiger partial charge in [0.15, 0.2) is 0 Å². The number of piperidine rings is 1. The van der Waals surface area contributed by atoms with E-state index in [9.17, 15) is 4.79 Å². The van der Waals surface area contributed by atoms with Gasteiger partial charge in [0.05, 0.1) is 15.6 Å². The zero-order valence-corrected chi connectivity index (χ0v) is 15.4. The largest absolute Gasteiger partial charge is 0.340 e. The number of halogens is 2. The standard InChI is InChI=1S/C18H20Cl2N4O/c1-21-12-6-9-24(10-7-12)18(25)14-3-2-8-22-17(14)23-13-4-5-15(19)16(20)11-13/h2-5,8,11-12,21H,6-7,9-10H2,1H3,(H,22,23). The number of rotatable bonds is 4. The maximum Gasteiger partial charge on any atom is 0.257 e. The quantitative estimate of drug-likeness (QED) is 0.845. The fourth-order valence-corrected chi connectivity index (χ4v) is 3.23. The average Bonchev–Trinajstić information content (AvgIpc) is 2.65. The lowest BCUT2D eigenvalue weighted by atomic mass is 10.0. The molecule has 5 nitrogen and oxygen atoms in total. The fraction of sp³-hybridized carbons (Fsp3) is 0.333. The number of pyridine rings is 1. The highest BCUT2D eigenvalue weighted by Gasteiger charge is 2.24. The number of hydrogen-bond acceptors (Lipinski definition) is 4. The van der Waals surface area contributed by atoms with Gasteiger partial charge >= 0.3 is 0 Å². The van der Waals surface area contributed by atoms with Crippen LogP contribution in [-0.4, -0.2) is 42.0 Å². The number of benzene rings is 1. The van der Waals surface area contributed by atoms with Crippen LogP contribution in [-0.2, 0) is 0 Å². The maximum absolute atomic E-state index is 12.9. The molecule has 132 valence electrons. The third-order valence-corrected chi connectivity index (χ3v) is 5.15. The van der Waals surface area contributed by atoms with Crippen LogP contribution in [0.25, 0.3) is 0 Å². The van der Waals surface area contributed by atoms with Crippen molar-refractivity contribution in [2.45, 2.75) is 18.9 Å². The Balaban J connectivity index is 1.78. The molecule has 7 heteroatoms. The van der Waals surface area contributed by atoms with Gasteiger partial charge in [-0.3, -0.25) is 4.79 Å². The summed E-state index contributed by atoms with van der Waals surface area (Å²) in [5, 5.41) is 7.37. The second-order valence-electron chi connectivity index (χ2n) is 6.01. The first-order valence-corrected chi connectivity index (χ1v) is 8.97. The topological polar surface area (TPSA) is 57.3 Å². The van der Waals surface area contributed by atoms with Crippen LogP contribution in [0.1, 0.15) is 23.2 Å². The summed E-state index contributed by atoms with van der Waals surface area (Å²) in [6.07, 6.45) is 3.57. The Hall–Kier alpha value is -1.82. The highest BCUT2D eigenvalue weighted by Crippen LogP contribution is 2.28. The number of hydrogen-bond donors (Lipinski definition) is 2. The van der Waals surface area contributed by atoms with Crippen molar-refractivity contribution >= 4 is 40.6 Å². The van der Waals surface area contributed by atoms with Gasteiger partial charge in [0.2, 0.25) is 0 Å². The highest BCUT2D eigenvalue weighted by molar-refractivity contribution is 6.42. The summed E-state index contributed by atoms with van der Waals surface area (Å²) in [6.45, 7) is 1.48. The van der Waals surface area contributed by atoms with Crippen LogP contribution >= 0.6 is 23.2 Å². The maximum atomic E-state index is 12.9. The van der Waals surface area contributed by atoms with Crippen LogP contribution in [0.15, 0.2) is 36.5 Å². The molecule has 0 aliphatic carbocycles. The molecular formula is C18H20Cl2N4O. The van der Waals surface area contributed by atoms with Gasteiger partial charge in [-0.2, -0.15) is 0 Å². The molecule has 1 amide bonds. The lowest BCUT2D eigenvalue weighted by molar-refractivity contribution is 0.0708. The number of carbonyl (C=O) groups is 1. The number of amides is 1. The van der Waals surface area contributed by atoms with Gasteiger partial charge in [-0.05, 0) is 50.2 Å². The molecule has 0 radical (unpaired) electrons. The van der Waals surface area contributed by atoms with Crippen molar-refractivity contribution in [3.63, 3.8) is 0 Å². The third-order valence-electron chi connectivity index (χ3n) is 4.41. The summed E-state index contributed by atoms with van der Waals surface area (Å²) in [7, 11) is 1.96. The SMILES string of the molecule is CNC1CCN(C(=O)c2cccnc2Nc2ccc(Cl)c(Cl)c2)CC1. The number of nitrogens with one attached hydrogen (secondary N) is 2. The molecule has 1 aliphatic heterocycles. The van der Waals surface area contributed by atoms with E-state index in [1.54, 1.807) is 36.5 Å². The van der Waals surface area contributed by atoms with Gasteiger partial charge in [0.25, 0.3) is 5.91 Å². The second-order valence-corrected chi connectivity index (χ2v) is 6.82. The minimum Gasteiger partial charge on any atom is -0.340 e. The van der Waals surface area contributed by atoms with E-state index in [4.69, 9.17) is 23.2 Å². The van der Waals surface area contributed by atoms with Crippen LogP contribution in [0.5, 0.6) is 0 Å². The number of nitrogens with zero attached hydrogens (tertiary/aromatic N) is 2. The normalized spacial score (nSPS) is 15.2. The monoisotopic (exact) mass is 378 g/mol. The van der Waals surface area contributed by atoms with Crippen molar-refractivity contribution in [2.75, 3.05) is 25.5 Å². The Bertz CT molecular complexity index is 760. The van der Waals surface area contributed by atoms with Crippen molar-refractivity contribution in [3.8, 4) is 0 Å². The van der Waals surface area contributed by atoms with Gasteiger partial charge < -0.3 is 15.5 Å². The Labute approximate surface area is 157 Å². The van der Waals surface area contributed by atoms with Crippen molar-refractivity contribution in [2.24, 2.45) is 0 Å². The van der Waals surface area contributed by atoms with Crippen LogP contribution in [0.4, 0.5) is 11.5 Å². The van der Waals surface area contributed by atoms with E-state index in [2.05, 4.69) is 15.6 Å². The molecule has 0 bridgehead atoms. The van der Waals surface area contributed by atoms with Crippen LogP contribution in [0.3, 0.4) is 0 Å². The van der Waals surface area contributed by atoms with E-state index < -0.39 is 0 Å². The molecule has 2 aromatic rings. The lowest BCUT2D eigenvalue weighted by Crippen LogP contribution is -2.44. The summed E-state index contributed by atoms with van der Waals surface area (Å²) < 4.78 is 0. The summed E-state index contributed by atoms with van der Waals surface area (Å²) >= 11 is 12.0. The van der Waals surface area contributed by atoms with E-state index in [0.717, 1.165) is 31.6 Å². The minimum absolute atomic E-state index is 0.00906. The van der Waals surface area contributed by atoms with E-state index in [-0.39, 0.29) is 5.91 Å². The van der Waals surface area contributed by atoms with E-state index in [0.29, 0.717) is 27.5 Å². The molecular weight excluding hydrogens is 359 g/mol. The first-order chi connectivity index (χ1) is 12.1. The lowest BCUT2D eigenvalue weighted by Gasteiger charge is -2.32. The number of carbonyl (C=O) groups excluding carboxylic acids is 1. The molecule has 0 unspecified atom stereocenters. The zero-order valence-electron chi connectivity index (χ0n) is 13.9. The number of aromatic nitrogens is 1. The van der Waals surface area contributed by atoms with Gasteiger partial charge in [-0.25, -0.2) is 4.98 Å². The minimum atomic E-state index is -0.00906. The molecule has 1 aromatic heterocycles. The molecule has 1 aliphatic rings. The summed E-state index contributed by atoms with van der Waals surface area (Å²) in [4.78, 5) is 19.1. The van der Waals surface area contributed by atoms with Crippen molar-refractivity contribution in [3.05, 3.63) is 52.1 Å². The van der Waals surface area contributed by atoms with E-state index in [1.807, 2.05) is 11.9 Å². The number of anilines is 2. The Morgan fingerprint density at radius 2 is 1.96 bits per heavy atom. The molecule has 25 heavy (non-hydrogen) atoms. The number of likely N-dealkylation sites (tertiary alicyclic amines) is 1. The molecule has 0 atom stereocenters. The predicted molar refractivity (Wildman–Crippen MR) is 102 cm³/mol. The molecule has 0 saturated carbocycles. The zero-order chi connectivity index (χ0) is 17.8. The van der Waals surface area contributed by atoms with Crippen LogP contribution in [0, 0.1) is 0 Å². The summed E-state index contributed by atoms with van der Waals surface area (Å²) in [6, 6.07) is 9.26. The highest BCUT2D eigenvalue weighted by atomic mass is 35.5. The van der Waals surface area contributed by atoms with E-state index in [1.165, 1.54) is 0 Å². The molecule has 1 saturated heterocycles. The van der Waals surface area contributed by atoms with Gasteiger partial charge in [-0.15, -0.1) is 0 Å². The predicted octanol–water partition coefficient (Wildman–Crippen LogP) is 3.96. The Morgan fingerprint density at radius 3 is 2.64 bits per heavy atom. The summed E-state index contributed by atoms with van der Waals surface area (Å²) in [5.74, 6) is 0.506. The average molecular weight is 379 g/mol. The molecule has 2 heterocycles. The van der Waals surface area contributed by atoms with Crippen molar-refractivity contribution in [1.82, 2.24) is 15.2 Å². The Morgan fingerprint density at radius 1 is 1.20 bits per heavy atom. The van der Waals surface area contributed by atoms with Gasteiger partial charge in [-0.1, -0.05) is 23.2 Å². The molecule has 3 rings (SSSR count). The van der Waals surface area contributed by atoms with Crippen molar-refractivity contribution < 1.29 is 4.79 Å². The summed E-state index contributed by atoms with van der Waals surface area (Å²) in [5.41, 5.74) is 1.28. The molecule has 1 fully saturated rings. The van der Waals surface area contributed by atoms with Gasteiger partial charge in [0.1, 0.15) is 5.82 Å². The first-order valence-electron chi connectivity index (χ1n) is 8.22. The Kier molecular flexibility index (Phi) is 5.78. The molecule has 1 aromatic carbocycles. The smallest absolute Gasteiger partial charge is 0.257 e. The van der Waals surface area contributed by atoms with E-state index >= 15 is 0 Å². The van der Waals surface area contributed by atoms with Crippen LogP contribution < -0.4 is 10.6 Å². The second kappa shape index (κ2) is 8.04. The van der Waals surface area contributed by atoms with Crippen molar-refractivity contribution in [1.29, 1.82) is 0 Å². The molecule has 2 N–H and O–H groups in total. The van der Waals surface area contributed by atoms with Crippen LogP contribution in [0.2, 0.25) is 10.0 Å². The van der Waals surface area contributed by atoms with Gasteiger partial charge in [0, 0.05) is 31.0 Å². The first kappa shape index (κ1) is 18.0. The molecule has 0 spiro atoms.